The molecule has 0 bridgehead atoms. The van der Waals surface area contributed by atoms with Crippen molar-refractivity contribution < 1.29 is 19.1 Å². The highest BCUT2D eigenvalue weighted by Crippen LogP contribution is 2.23. The van der Waals surface area contributed by atoms with Crippen LogP contribution >= 0.6 is 11.6 Å². The van der Waals surface area contributed by atoms with E-state index in [9.17, 15) is 14.4 Å². The fourth-order valence-electron chi connectivity index (χ4n) is 2.86. The van der Waals surface area contributed by atoms with E-state index in [1.165, 1.54) is 18.5 Å². The molecule has 2 aromatic rings. The van der Waals surface area contributed by atoms with Crippen LogP contribution in [0.5, 0.6) is 0 Å². The molecule has 0 saturated heterocycles. The van der Waals surface area contributed by atoms with Gasteiger partial charge in [0.05, 0.1) is 11.4 Å². The van der Waals surface area contributed by atoms with Gasteiger partial charge in [0.25, 0.3) is 0 Å². The molecule has 0 fully saturated rings. The lowest BCUT2D eigenvalue weighted by molar-refractivity contribution is 0.0316. The number of H-pyrrole nitrogens is 1. The van der Waals surface area contributed by atoms with E-state index in [0.29, 0.717) is 22.5 Å². The first-order valence-electron chi connectivity index (χ1n) is 7.70. The number of aromatic nitrogens is 3. The minimum Gasteiger partial charge on any atom is -0.450 e. The van der Waals surface area contributed by atoms with Crippen molar-refractivity contribution in [3.05, 3.63) is 38.9 Å². The molecule has 25 heavy (non-hydrogen) atoms. The number of hydrogen-bond acceptors (Lipinski definition) is 5. The Morgan fingerprint density at radius 3 is 2.24 bits per heavy atom. The standard InChI is InChI=1S/C17H20ClN3O4/c1-7-12(10(4)22)8(2)19-14(7)15(23)11(5)25-17(24)13-9(3)20-21(6)16(13)18/h11,19H,1-6H3. The summed E-state index contributed by atoms with van der Waals surface area (Å²) in [6.45, 7) is 7.95. The van der Waals surface area contributed by atoms with E-state index < -0.39 is 17.9 Å². The fraction of sp³-hybridized carbons (Fsp3) is 0.412. The van der Waals surface area contributed by atoms with Gasteiger partial charge >= 0.3 is 5.97 Å². The Labute approximate surface area is 150 Å². The van der Waals surface area contributed by atoms with Gasteiger partial charge < -0.3 is 9.72 Å². The molecule has 7 nitrogen and oxygen atoms in total. The maximum absolute atomic E-state index is 12.6. The molecule has 134 valence electrons. The molecular formula is C17H20ClN3O4. The van der Waals surface area contributed by atoms with Gasteiger partial charge in [-0.1, -0.05) is 11.6 Å². The summed E-state index contributed by atoms with van der Waals surface area (Å²) in [5.74, 6) is -1.27. The van der Waals surface area contributed by atoms with Gasteiger partial charge in [-0.15, -0.1) is 0 Å². The van der Waals surface area contributed by atoms with Crippen LogP contribution in [-0.2, 0) is 11.8 Å². The molecule has 0 spiro atoms. The number of aryl methyl sites for hydroxylation is 3. The van der Waals surface area contributed by atoms with Crippen LogP contribution in [0.3, 0.4) is 0 Å². The van der Waals surface area contributed by atoms with Gasteiger partial charge in [0.2, 0.25) is 5.78 Å². The third-order valence-electron chi connectivity index (χ3n) is 4.05. The SMILES string of the molecule is CC(=O)c1c(C)[nH]c(C(=O)C(C)OC(=O)c2c(C)nn(C)c2Cl)c1C. The molecule has 0 radical (unpaired) electrons. The van der Waals surface area contributed by atoms with E-state index in [1.54, 1.807) is 27.8 Å². The lowest BCUT2D eigenvalue weighted by Gasteiger charge is -2.12. The summed E-state index contributed by atoms with van der Waals surface area (Å²) < 4.78 is 6.62. The van der Waals surface area contributed by atoms with Crippen molar-refractivity contribution in [2.24, 2.45) is 7.05 Å². The van der Waals surface area contributed by atoms with Crippen LogP contribution in [-0.4, -0.2) is 38.4 Å². The van der Waals surface area contributed by atoms with Gasteiger partial charge in [0, 0.05) is 18.3 Å². The van der Waals surface area contributed by atoms with E-state index in [1.807, 2.05) is 0 Å². The van der Waals surface area contributed by atoms with E-state index in [2.05, 4.69) is 10.1 Å². The predicted molar refractivity (Wildman–Crippen MR) is 92.4 cm³/mol. The largest absolute Gasteiger partial charge is 0.450 e. The molecule has 0 aromatic carbocycles. The number of carbonyl (C=O) groups is 3. The summed E-state index contributed by atoms with van der Waals surface area (Å²) in [6.07, 6.45) is -1.04. The number of ketones is 2. The molecule has 1 atom stereocenters. The van der Waals surface area contributed by atoms with Gasteiger partial charge in [0.15, 0.2) is 11.9 Å². The number of ether oxygens (including phenoxy) is 1. The summed E-state index contributed by atoms with van der Waals surface area (Å²) in [6, 6.07) is 0. The molecule has 1 unspecified atom stereocenters. The maximum Gasteiger partial charge on any atom is 0.343 e. The smallest absolute Gasteiger partial charge is 0.343 e. The third kappa shape index (κ3) is 3.37. The average Bonchev–Trinajstić information content (AvgIpc) is 2.93. The number of aromatic amines is 1. The van der Waals surface area contributed by atoms with Crippen LogP contribution in [0.2, 0.25) is 5.15 Å². The van der Waals surface area contributed by atoms with Gasteiger partial charge in [0.1, 0.15) is 10.7 Å². The monoisotopic (exact) mass is 365 g/mol. The fourth-order valence-corrected chi connectivity index (χ4v) is 3.11. The van der Waals surface area contributed by atoms with Crippen molar-refractivity contribution in [3.63, 3.8) is 0 Å². The second-order valence-electron chi connectivity index (χ2n) is 5.97. The van der Waals surface area contributed by atoms with Crippen LogP contribution in [0.4, 0.5) is 0 Å². The number of rotatable bonds is 5. The Balaban J connectivity index is 2.25. The number of esters is 1. The van der Waals surface area contributed by atoms with Crippen molar-refractivity contribution in [2.45, 2.75) is 40.7 Å². The third-order valence-corrected chi connectivity index (χ3v) is 4.48. The summed E-state index contributed by atoms with van der Waals surface area (Å²) >= 11 is 6.04. The van der Waals surface area contributed by atoms with Gasteiger partial charge in [-0.2, -0.15) is 5.10 Å². The zero-order valence-electron chi connectivity index (χ0n) is 15.0. The van der Waals surface area contributed by atoms with Crippen molar-refractivity contribution in [3.8, 4) is 0 Å². The minimum atomic E-state index is -1.04. The van der Waals surface area contributed by atoms with Gasteiger partial charge in [-0.3, -0.25) is 14.3 Å². The second-order valence-corrected chi connectivity index (χ2v) is 6.33. The van der Waals surface area contributed by atoms with Crippen LogP contribution in [0.25, 0.3) is 0 Å². The van der Waals surface area contributed by atoms with Crippen molar-refractivity contribution in [1.29, 1.82) is 0 Å². The zero-order chi connectivity index (χ0) is 19.0. The number of nitrogens with one attached hydrogen (secondary N) is 1. The molecule has 0 aliphatic carbocycles. The molecule has 8 heteroatoms. The lowest BCUT2D eigenvalue weighted by atomic mass is 10.0. The highest BCUT2D eigenvalue weighted by molar-refractivity contribution is 6.32. The molecule has 2 rings (SSSR count). The Hall–Kier alpha value is -2.41. The van der Waals surface area contributed by atoms with Crippen molar-refractivity contribution >= 4 is 29.1 Å². The second kappa shape index (κ2) is 6.84. The van der Waals surface area contributed by atoms with Gasteiger partial charge in [-0.25, -0.2) is 4.79 Å². The quantitative estimate of drug-likeness (QED) is 0.649. The Morgan fingerprint density at radius 1 is 1.20 bits per heavy atom. The molecule has 2 aromatic heterocycles. The topological polar surface area (TPSA) is 94.0 Å². The minimum absolute atomic E-state index is 0.132. The molecule has 1 N–H and O–H groups in total. The molecule has 0 aliphatic heterocycles. The predicted octanol–water partition coefficient (Wildman–Crippen LogP) is 2.96. The van der Waals surface area contributed by atoms with E-state index in [0.717, 1.165) is 0 Å². The molecule has 0 amide bonds. The van der Waals surface area contributed by atoms with E-state index in [4.69, 9.17) is 16.3 Å². The number of Topliss-reactive ketones (excluding diaryl/α,β-unsaturated/α-hetero) is 2. The number of halogens is 1. The normalized spacial score (nSPS) is 12.1. The van der Waals surface area contributed by atoms with Crippen molar-refractivity contribution in [1.82, 2.24) is 14.8 Å². The summed E-state index contributed by atoms with van der Waals surface area (Å²) in [5, 5.41) is 4.19. The molecule has 0 saturated carbocycles. The first-order valence-corrected chi connectivity index (χ1v) is 8.08. The van der Waals surface area contributed by atoms with Crippen LogP contribution < -0.4 is 0 Å². The molecular weight excluding hydrogens is 346 g/mol. The van der Waals surface area contributed by atoms with Crippen molar-refractivity contribution in [2.75, 3.05) is 0 Å². The number of hydrogen-bond donors (Lipinski definition) is 1. The van der Waals surface area contributed by atoms with E-state index in [-0.39, 0.29) is 22.2 Å². The Morgan fingerprint density at radius 2 is 1.80 bits per heavy atom. The lowest BCUT2D eigenvalue weighted by Crippen LogP contribution is -2.25. The van der Waals surface area contributed by atoms with E-state index >= 15 is 0 Å². The highest BCUT2D eigenvalue weighted by Gasteiger charge is 2.28. The highest BCUT2D eigenvalue weighted by atomic mass is 35.5. The number of nitrogens with zero attached hydrogens (tertiary/aromatic N) is 2. The molecule has 2 heterocycles. The summed E-state index contributed by atoms with van der Waals surface area (Å²) in [5.41, 5.74) is 2.45. The van der Waals surface area contributed by atoms with Crippen LogP contribution in [0, 0.1) is 20.8 Å². The molecule has 0 aliphatic rings. The first-order chi connectivity index (χ1) is 11.6. The summed E-state index contributed by atoms with van der Waals surface area (Å²) in [4.78, 5) is 39.6. The Kier molecular flexibility index (Phi) is 5.17. The van der Waals surface area contributed by atoms with Crippen LogP contribution in [0.1, 0.15) is 62.0 Å². The maximum atomic E-state index is 12.6. The van der Waals surface area contributed by atoms with Crippen LogP contribution in [0.15, 0.2) is 0 Å². The first kappa shape index (κ1) is 18.9. The zero-order valence-corrected chi connectivity index (χ0v) is 15.7. The summed E-state index contributed by atoms with van der Waals surface area (Å²) in [7, 11) is 1.61. The number of carbonyl (C=O) groups excluding carboxylic acids is 3. The average molecular weight is 366 g/mol. The van der Waals surface area contributed by atoms with Gasteiger partial charge in [-0.05, 0) is 40.2 Å². The Bertz CT molecular complexity index is 879.